The van der Waals surface area contributed by atoms with Crippen LogP contribution in [0.25, 0.3) is 0 Å². The fourth-order valence-electron chi connectivity index (χ4n) is 4.36. The molecule has 0 aliphatic carbocycles. The van der Waals surface area contributed by atoms with Crippen LogP contribution in [0.5, 0.6) is 11.5 Å². The average molecular weight is 595 g/mol. The number of carboxylic acids is 2. The van der Waals surface area contributed by atoms with Crippen molar-refractivity contribution in [1.29, 1.82) is 0 Å². The molecular weight excluding hydrogens is 544 g/mol. The summed E-state index contributed by atoms with van der Waals surface area (Å²) in [6, 6.07) is 13.3. The minimum absolute atomic E-state index is 0. The van der Waals surface area contributed by atoms with Gasteiger partial charge in [0.1, 0.15) is 11.5 Å². The van der Waals surface area contributed by atoms with Crippen LogP contribution in [0.15, 0.2) is 48.5 Å². The number of para-hydroxylation sites is 2. The van der Waals surface area contributed by atoms with E-state index in [2.05, 4.69) is 13.8 Å². The van der Waals surface area contributed by atoms with Crippen molar-refractivity contribution in [3.05, 3.63) is 59.7 Å². The van der Waals surface area contributed by atoms with Crippen LogP contribution in [0, 0.1) is 0 Å². The van der Waals surface area contributed by atoms with Gasteiger partial charge < -0.3 is 29.3 Å². The number of benzene rings is 2. The Kier molecular flexibility index (Phi) is 25.9. The fraction of sp³-hybridized carbons (Fsp3) is 0.588. The Balaban J connectivity index is 0.000000762. The summed E-state index contributed by atoms with van der Waals surface area (Å²) in [4.78, 5) is 21.8. The zero-order chi connectivity index (χ0) is 29.3. The third kappa shape index (κ3) is 19.9. The van der Waals surface area contributed by atoms with Crippen LogP contribution >= 0.6 is 0 Å². The van der Waals surface area contributed by atoms with E-state index in [1.54, 1.807) is 36.4 Å². The number of carboxylic acid groups (broad SMARTS) is 2. The topological polar surface area (TPSA) is 98.7 Å². The van der Waals surface area contributed by atoms with Crippen molar-refractivity contribution in [3.63, 3.8) is 0 Å². The Bertz CT molecular complexity index is 857. The standard InChI is InChI=1S/2C17H26O3.Ca/c2*1-2-3-4-5-6-7-8-11-14-20-16-13-10-9-12-15(16)17(18)19;/h2*9-10,12-13H,2-8,11,14H2,1H3,(H,18,19);/q;;+2/p-2. The van der Waals surface area contributed by atoms with Crippen LogP contribution in [0.1, 0.15) is 137 Å². The van der Waals surface area contributed by atoms with E-state index in [4.69, 9.17) is 9.47 Å². The van der Waals surface area contributed by atoms with Gasteiger partial charge in [0, 0.05) is 11.1 Å². The smallest absolute Gasteiger partial charge is 0.545 e. The van der Waals surface area contributed by atoms with Gasteiger partial charge in [-0.3, -0.25) is 0 Å². The molecule has 224 valence electrons. The van der Waals surface area contributed by atoms with E-state index in [1.807, 2.05) is 0 Å². The Morgan fingerprint density at radius 1 is 0.512 bits per heavy atom. The van der Waals surface area contributed by atoms with E-state index >= 15 is 0 Å². The van der Waals surface area contributed by atoms with Crippen molar-refractivity contribution < 1.29 is 29.3 Å². The van der Waals surface area contributed by atoms with Crippen molar-refractivity contribution >= 4 is 49.7 Å². The maximum Gasteiger partial charge on any atom is 2.00 e. The molecule has 0 spiro atoms. The number of ether oxygens (including phenoxy) is 2. The molecule has 2 aromatic carbocycles. The van der Waals surface area contributed by atoms with Gasteiger partial charge in [-0.1, -0.05) is 128 Å². The maximum atomic E-state index is 10.9. The molecule has 0 amide bonds. The third-order valence-corrected chi connectivity index (χ3v) is 6.72. The average Bonchev–Trinajstić information content (AvgIpc) is 2.96. The number of carbonyl (C=O) groups excluding carboxylic acids is 2. The third-order valence-electron chi connectivity index (χ3n) is 6.72. The van der Waals surface area contributed by atoms with Gasteiger partial charge in [-0.05, 0) is 37.1 Å². The van der Waals surface area contributed by atoms with Crippen LogP contribution < -0.4 is 19.7 Å². The molecule has 0 fully saturated rings. The Hall–Kier alpha value is -1.76. The van der Waals surface area contributed by atoms with E-state index in [9.17, 15) is 19.8 Å². The summed E-state index contributed by atoms with van der Waals surface area (Å²) in [6.45, 7) is 5.59. The molecule has 0 N–H and O–H groups in total. The Labute approximate surface area is 278 Å². The van der Waals surface area contributed by atoms with Crippen LogP contribution in [-0.2, 0) is 0 Å². The van der Waals surface area contributed by atoms with E-state index in [0.29, 0.717) is 24.7 Å². The van der Waals surface area contributed by atoms with Crippen LogP contribution in [0.2, 0.25) is 0 Å². The summed E-state index contributed by atoms with van der Waals surface area (Å²) < 4.78 is 11.0. The van der Waals surface area contributed by atoms with Crippen molar-refractivity contribution in [2.24, 2.45) is 0 Å². The van der Waals surface area contributed by atoms with Gasteiger partial charge in [0.25, 0.3) is 0 Å². The van der Waals surface area contributed by atoms with Gasteiger partial charge in [0.15, 0.2) is 0 Å². The molecule has 0 aromatic heterocycles. The molecule has 0 aliphatic heterocycles. The molecule has 7 heteroatoms. The van der Waals surface area contributed by atoms with Crippen molar-refractivity contribution in [1.82, 2.24) is 0 Å². The van der Waals surface area contributed by atoms with Gasteiger partial charge in [0.05, 0.1) is 25.2 Å². The second-order valence-corrected chi connectivity index (χ2v) is 10.2. The number of carbonyl (C=O) groups is 2. The van der Waals surface area contributed by atoms with Gasteiger partial charge in [-0.15, -0.1) is 0 Å². The monoisotopic (exact) mass is 594 g/mol. The maximum absolute atomic E-state index is 10.9. The zero-order valence-corrected chi connectivity index (χ0v) is 27.7. The van der Waals surface area contributed by atoms with Crippen LogP contribution in [0.4, 0.5) is 0 Å². The predicted octanol–water partition coefficient (Wildman–Crippen LogP) is 6.76. The molecule has 0 atom stereocenters. The van der Waals surface area contributed by atoms with E-state index < -0.39 is 11.9 Å². The molecule has 41 heavy (non-hydrogen) atoms. The normalized spacial score (nSPS) is 10.2. The summed E-state index contributed by atoms with van der Waals surface area (Å²) >= 11 is 0. The molecule has 0 aliphatic rings. The molecular formula is C34H50CaO6. The number of aromatic carboxylic acids is 2. The first-order valence-corrected chi connectivity index (χ1v) is 15.4. The van der Waals surface area contributed by atoms with Gasteiger partial charge in [-0.25, -0.2) is 0 Å². The minimum Gasteiger partial charge on any atom is -0.545 e. The number of hydrogen-bond donors (Lipinski definition) is 0. The number of rotatable bonds is 22. The van der Waals surface area contributed by atoms with E-state index in [1.165, 1.54) is 89.2 Å². The van der Waals surface area contributed by atoms with Gasteiger partial charge in [-0.2, -0.15) is 0 Å². The van der Waals surface area contributed by atoms with E-state index in [-0.39, 0.29) is 48.9 Å². The molecule has 0 radical (unpaired) electrons. The van der Waals surface area contributed by atoms with Crippen LogP contribution in [-0.4, -0.2) is 62.9 Å². The zero-order valence-electron chi connectivity index (χ0n) is 25.5. The predicted molar refractivity (Wildman–Crippen MR) is 164 cm³/mol. The molecule has 0 saturated heterocycles. The van der Waals surface area contributed by atoms with Crippen molar-refractivity contribution in [2.75, 3.05) is 13.2 Å². The minimum atomic E-state index is -1.18. The second-order valence-electron chi connectivity index (χ2n) is 10.2. The number of unbranched alkanes of at least 4 members (excludes halogenated alkanes) is 14. The summed E-state index contributed by atoms with van der Waals surface area (Å²) in [5.74, 6) is -1.54. The summed E-state index contributed by atoms with van der Waals surface area (Å²) in [5.41, 5.74) is 0.263. The fourth-order valence-corrected chi connectivity index (χ4v) is 4.36. The SMILES string of the molecule is CCCCCCCCCCOc1ccccc1C(=O)[O-].CCCCCCCCCCOc1ccccc1C(=O)[O-].[Ca+2]. The summed E-state index contributed by atoms with van der Waals surface area (Å²) in [5, 5.41) is 21.8. The van der Waals surface area contributed by atoms with Gasteiger partial charge >= 0.3 is 37.7 Å². The Morgan fingerprint density at radius 2 is 0.805 bits per heavy atom. The molecule has 0 bridgehead atoms. The molecule has 0 unspecified atom stereocenters. The van der Waals surface area contributed by atoms with E-state index in [0.717, 1.165) is 25.7 Å². The summed E-state index contributed by atoms with van der Waals surface area (Å²) in [7, 11) is 0. The summed E-state index contributed by atoms with van der Waals surface area (Å²) in [6.07, 6.45) is 19.8. The first-order valence-electron chi connectivity index (χ1n) is 15.4. The van der Waals surface area contributed by atoms with Crippen LogP contribution in [0.3, 0.4) is 0 Å². The largest absolute Gasteiger partial charge is 2.00 e. The molecule has 2 aromatic rings. The Morgan fingerprint density at radius 3 is 1.12 bits per heavy atom. The number of hydrogen-bond acceptors (Lipinski definition) is 6. The molecule has 2 rings (SSSR count). The van der Waals surface area contributed by atoms with Crippen molar-refractivity contribution in [3.8, 4) is 11.5 Å². The van der Waals surface area contributed by atoms with Gasteiger partial charge in [0.2, 0.25) is 0 Å². The molecule has 6 nitrogen and oxygen atoms in total. The molecule has 0 saturated carbocycles. The quantitative estimate of drug-likeness (QED) is 0.110. The molecule has 0 heterocycles. The van der Waals surface area contributed by atoms with Crippen molar-refractivity contribution in [2.45, 2.75) is 117 Å². The first kappa shape index (κ1) is 39.2. The second kappa shape index (κ2) is 27.1. The first-order chi connectivity index (χ1) is 19.5.